The third-order valence-corrected chi connectivity index (χ3v) is 3.42. The molecule has 2 aliphatic rings. The number of aromatic nitrogens is 1. The van der Waals surface area contributed by atoms with Gasteiger partial charge in [0, 0.05) is 25.3 Å². The smallest absolute Gasteiger partial charge is 0.0915 e. The van der Waals surface area contributed by atoms with Gasteiger partial charge in [-0.2, -0.15) is 0 Å². The van der Waals surface area contributed by atoms with Gasteiger partial charge in [-0.3, -0.25) is 4.98 Å². The molecular formula is C12H17N3O. The molecule has 1 aromatic rings. The number of ether oxygens (including phenoxy) is 1. The largest absolute Gasteiger partial charge is 0.373 e. The average molecular weight is 219 g/mol. The molecule has 3 rings (SSSR count). The highest BCUT2D eigenvalue weighted by atomic mass is 16.5. The lowest BCUT2D eigenvalue weighted by molar-refractivity contribution is 0.0349. The van der Waals surface area contributed by atoms with E-state index in [9.17, 15) is 0 Å². The van der Waals surface area contributed by atoms with E-state index < -0.39 is 0 Å². The Hall–Kier alpha value is -1.13. The van der Waals surface area contributed by atoms with E-state index in [1.807, 2.05) is 13.1 Å². The second-order valence-electron chi connectivity index (χ2n) is 4.49. The summed E-state index contributed by atoms with van der Waals surface area (Å²) in [6.07, 6.45) is 2.31. The summed E-state index contributed by atoms with van der Waals surface area (Å²) in [5.41, 5.74) is 2.28. The van der Waals surface area contributed by atoms with Gasteiger partial charge in [0.05, 0.1) is 30.6 Å². The second kappa shape index (κ2) is 4.03. The van der Waals surface area contributed by atoms with E-state index in [2.05, 4.69) is 27.3 Å². The van der Waals surface area contributed by atoms with Crippen LogP contribution in [0.25, 0.3) is 0 Å². The highest BCUT2D eigenvalue weighted by molar-refractivity contribution is 5.47. The molecule has 0 bridgehead atoms. The van der Waals surface area contributed by atoms with Crippen LogP contribution in [0.2, 0.25) is 0 Å². The summed E-state index contributed by atoms with van der Waals surface area (Å²) in [7, 11) is 0. The van der Waals surface area contributed by atoms with Gasteiger partial charge < -0.3 is 15.0 Å². The lowest BCUT2D eigenvalue weighted by atomic mass is 10.1. The first-order valence-electron chi connectivity index (χ1n) is 5.86. The van der Waals surface area contributed by atoms with Crippen LogP contribution >= 0.6 is 0 Å². The van der Waals surface area contributed by atoms with Crippen LogP contribution in [0.3, 0.4) is 0 Å². The summed E-state index contributed by atoms with van der Waals surface area (Å²) in [5, 5.41) is 3.39. The van der Waals surface area contributed by atoms with Gasteiger partial charge in [-0.1, -0.05) is 0 Å². The minimum absolute atomic E-state index is 0.343. The Morgan fingerprint density at radius 1 is 1.44 bits per heavy atom. The standard InChI is InChI=1S/C12H17N3O/c1-9-2-3-10(6-14-9)15-4-5-16-12-8-13-7-11(12)15/h2-3,6,11-13H,4-5,7-8H2,1H3/t11-,12+/m1/s1. The van der Waals surface area contributed by atoms with Crippen molar-refractivity contribution in [3.63, 3.8) is 0 Å². The van der Waals surface area contributed by atoms with Crippen molar-refractivity contribution in [3.05, 3.63) is 24.0 Å². The summed E-state index contributed by atoms with van der Waals surface area (Å²) in [4.78, 5) is 6.78. The molecule has 4 nitrogen and oxygen atoms in total. The van der Waals surface area contributed by atoms with Crippen molar-refractivity contribution in [1.29, 1.82) is 0 Å². The van der Waals surface area contributed by atoms with Gasteiger partial charge in [0.1, 0.15) is 0 Å². The van der Waals surface area contributed by atoms with Crippen LogP contribution in [0.1, 0.15) is 5.69 Å². The zero-order valence-electron chi connectivity index (χ0n) is 9.52. The molecule has 2 fully saturated rings. The van der Waals surface area contributed by atoms with Crippen LogP contribution in [-0.4, -0.2) is 43.4 Å². The predicted molar refractivity (Wildman–Crippen MR) is 62.7 cm³/mol. The van der Waals surface area contributed by atoms with Crippen LogP contribution < -0.4 is 10.2 Å². The molecule has 2 aliphatic heterocycles. The number of rotatable bonds is 1. The Morgan fingerprint density at radius 3 is 3.19 bits per heavy atom. The monoisotopic (exact) mass is 219 g/mol. The fourth-order valence-electron chi connectivity index (χ4n) is 2.54. The van der Waals surface area contributed by atoms with Crippen LogP contribution in [0.15, 0.2) is 18.3 Å². The van der Waals surface area contributed by atoms with Gasteiger partial charge >= 0.3 is 0 Å². The number of nitrogens with one attached hydrogen (secondary N) is 1. The van der Waals surface area contributed by atoms with Crippen LogP contribution in [0.5, 0.6) is 0 Å². The number of nitrogens with zero attached hydrogens (tertiary/aromatic N) is 2. The quantitative estimate of drug-likeness (QED) is 0.749. The van der Waals surface area contributed by atoms with Crippen molar-refractivity contribution >= 4 is 5.69 Å². The van der Waals surface area contributed by atoms with E-state index in [-0.39, 0.29) is 0 Å². The number of hydrogen-bond donors (Lipinski definition) is 1. The van der Waals surface area contributed by atoms with E-state index in [0.29, 0.717) is 12.1 Å². The van der Waals surface area contributed by atoms with Crippen LogP contribution in [0.4, 0.5) is 5.69 Å². The van der Waals surface area contributed by atoms with Crippen molar-refractivity contribution in [1.82, 2.24) is 10.3 Å². The number of morpholine rings is 1. The van der Waals surface area contributed by atoms with E-state index in [1.54, 1.807) is 0 Å². The molecule has 3 heterocycles. The van der Waals surface area contributed by atoms with Crippen LogP contribution in [-0.2, 0) is 4.74 Å². The maximum Gasteiger partial charge on any atom is 0.0915 e. The van der Waals surface area contributed by atoms with Gasteiger partial charge in [0.15, 0.2) is 0 Å². The maximum atomic E-state index is 5.75. The molecule has 86 valence electrons. The molecule has 0 spiro atoms. The SMILES string of the molecule is Cc1ccc(N2CCO[C@H]3CNC[C@H]32)cn1. The number of pyridine rings is 1. The minimum atomic E-state index is 0.343. The summed E-state index contributed by atoms with van der Waals surface area (Å²) in [6, 6.07) is 4.70. The zero-order valence-corrected chi connectivity index (χ0v) is 9.52. The normalized spacial score (nSPS) is 29.2. The molecule has 4 heteroatoms. The van der Waals surface area contributed by atoms with E-state index >= 15 is 0 Å². The Labute approximate surface area is 95.6 Å². The third kappa shape index (κ3) is 1.68. The van der Waals surface area contributed by atoms with Crippen molar-refractivity contribution in [3.8, 4) is 0 Å². The fraction of sp³-hybridized carbons (Fsp3) is 0.583. The molecule has 0 amide bonds. The lowest BCUT2D eigenvalue weighted by Crippen LogP contribution is -2.51. The first kappa shape index (κ1) is 10.1. The molecule has 0 radical (unpaired) electrons. The summed E-state index contributed by atoms with van der Waals surface area (Å²) in [6.45, 7) is 5.78. The summed E-state index contributed by atoms with van der Waals surface area (Å²) in [5.74, 6) is 0. The average Bonchev–Trinajstić information content (AvgIpc) is 2.78. The van der Waals surface area contributed by atoms with Gasteiger partial charge in [-0.05, 0) is 19.1 Å². The van der Waals surface area contributed by atoms with E-state index in [4.69, 9.17) is 4.74 Å². The van der Waals surface area contributed by atoms with Crippen LogP contribution in [0, 0.1) is 6.92 Å². The molecule has 2 atom stereocenters. The van der Waals surface area contributed by atoms with Crippen molar-refractivity contribution in [2.45, 2.75) is 19.1 Å². The molecule has 1 aromatic heterocycles. The molecule has 0 saturated carbocycles. The molecular weight excluding hydrogens is 202 g/mol. The molecule has 2 saturated heterocycles. The number of hydrogen-bond acceptors (Lipinski definition) is 4. The Kier molecular flexibility index (Phi) is 2.53. The highest BCUT2D eigenvalue weighted by Gasteiger charge is 2.36. The van der Waals surface area contributed by atoms with Gasteiger partial charge in [-0.15, -0.1) is 0 Å². The first-order valence-corrected chi connectivity index (χ1v) is 5.86. The molecule has 0 unspecified atom stereocenters. The Balaban J connectivity index is 1.85. The summed E-state index contributed by atoms with van der Waals surface area (Å²) >= 11 is 0. The summed E-state index contributed by atoms with van der Waals surface area (Å²) < 4.78 is 5.75. The van der Waals surface area contributed by atoms with Gasteiger partial charge in [-0.25, -0.2) is 0 Å². The number of anilines is 1. The van der Waals surface area contributed by atoms with E-state index in [0.717, 1.165) is 31.9 Å². The Bertz CT molecular complexity index is 365. The second-order valence-corrected chi connectivity index (χ2v) is 4.49. The van der Waals surface area contributed by atoms with Gasteiger partial charge in [0.2, 0.25) is 0 Å². The molecule has 16 heavy (non-hydrogen) atoms. The van der Waals surface area contributed by atoms with Gasteiger partial charge in [0.25, 0.3) is 0 Å². The number of fused-ring (bicyclic) bond motifs is 1. The number of aryl methyl sites for hydroxylation is 1. The fourth-order valence-corrected chi connectivity index (χ4v) is 2.54. The zero-order chi connectivity index (χ0) is 11.0. The third-order valence-electron chi connectivity index (χ3n) is 3.42. The molecule has 0 aromatic carbocycles. The topological polar surface area (TPSA) is 37.4 Å². The molecule has 1 N–H and O–H groups in total. The molecule has 0 aliphatic carbocycles. The Morgan fingerprint density at radius 2 is 2.38 bits per heavy atom. The predicted octanol–water partition coefficient (Wildman–Crippen LogP) is 0.567. The lowest BCUT2D eigenvalue weighted by Gasteiger charge is -2.38. The highest BCUT2D eigenvalue weighted by Crippen LogP contribution is 2.24. The maximum absolute atomic E-state index is 5.75. The minimum Gasteiger partial charge on any atom is -0.373 e. The first-order chi connectivity index (χ1) is 7.84. The van der Waals surface area contributed by atoms with E-state index in [1.165, 1.54) is 5.69 Å². The van der Waals surface area contributed by atoms with Crippen molar-refractivity contribution in [2.75, 3.05) is 31.1 Å². The van der Waals surface area contributed by atoms with Crippen molar-refractivity contribution in [2.24, 2.45) is 0 Å². The van der Waals surface area contributed by atoms with Crippen molar-refractivity contribution < 1.29 is 4.74 Å².